The second-order valence-electron chi connectivity index (χ2n) is 4.94. The number of hydrogen-bond donors (Lipinski definition) is 2. The second kappa shape index (κ2) is 5.73. The number of nitrogens with one attached hydrogen (secondary N) is 1. The normalized spacial score (nSPS) is 24.2. The van der Waals surface area contributed by atoms with Gasteiger partial charge in [0.25, 0.3) is 0 Å². The summed E-state index contributed by atoms with van der Waals surface area (Å²) in [7, 11) is -3.66. The van der Waals surface area contributed by atoms with E-state index in [1.807, 2.05) is 17.8 Å². The van der Waals surface area contributed by atoms with Crippen molar-refractivity contribution in [1.82, 2.24) is 0 Å². The Morgan fingerprint density at radius 2 is 2.16 bits per heavy atom. The van der Waals surface area contributed by atoms with Gasteiger partial charge in [-0.1, -0.05) is 13.0 Å². The first-order chi connectivity index (χ1) is 8.89. The van der Waals surface area contributed by atoms with Crippen LogP contribution in [0, 0.1) is 6.92 Å². The van der Waals surface area contributed by atoms with Gasteiger partial charge in [0.1, 0.15) is 0 Å². The van der Waals surface area contributed by atoms with Crippen molar-refractivity contribution in [3.05, 3.63) is 23.8 Å². The highest BCUT2D eigenvalue weighted by molar-refractivity contribution is 8.00. The third-order valence-electron chi connectivity index (χ3n) is 3.54. The van der Waals surface area contributed by atoms with Crippen LogP contribution in [0.2, 0.25) is 0 Å². The van der Waals surface area contributed by atoms with Gasteiger partial charge in [-0.25, -0.2) is 13.6 Å². The van der Waals surface area contributed by atoms with Crippen LogP contribution in [0.4, 0.5) is 5.69 Å². The third-order valence-corrected chi connectivity index (χ3v) is 5.97. The number of primary sulfonamides is 1. The van der Waals surface area contributed by atoms with Gasteiger partial charge in [0.15, 0.2) is 0 Å². The zero-order chi connectivity index (χ0) is 14.0. The Balaban J connectivity index is 2.26. The van der Waals surface area contributed by atoms with Crippen LogP contribution in [0.3, 0.4) is 0 Å². The highest BCUT2D eigenvalue weighted by Gasteiger charge is 2.23. The monoisotopic (exact) mass is 300 g/mol. The van der Waals surface area contributed by atoms with Crippen LogP contribution in [-0.2, 0) is 10.0 Å². The lowest BCUT2D eigenvalue weighted by Gasteiger charge is -2.30. The molecule has 2 unspecified atom stereocenters. The lowest BCUT2D eigenvalue weighted by Crippen LogP contribution is -2.33. The summed E-state index contributed by atoms with van der Waals surface area (Å²) in [5.41, 5.74) is 1.57. The summed E-state index contributed by atoms with van der Waals surface area (Å²) < 4.78 is 23.0. The van der Waals surface area contributed by atoms with Crippen molar-refractivity contribution < 1.29 is 8.42 Å². The molecule has 3 N–H and O–H groups in total. The summed E-state index contributed by atoms with van der Waals surface area (Å²) in [6, 6.07) is 5.58. The summed E-state index contributed by atoms with van der Waals surface area (Å²) in [6.45, 7) is 4.00. The minimum atomic E-state index is -3.66. The molecular weight excluding hydrogens is 280 g/mol. The predicted molar refractivity (Wildman–Crippen MR) is 81.1 cm³/mol. The van der Waals surface area contributed by atoms with Crippen molar-refractivity contribution in [3.63, 3.8) is 0 Å². The van der Waals surface area contributed by atoms with E-state index in [0.717, 1.165) is 12.1 Å². The molecule has 1 aromatic carbocycles. The lowest BCUT2D eigenvalue weighted by molar-refractivity contribution is 0.596. The fourth-order valence-corrected chi connectivity index (χ4v) is 4.34. The van der Waals surface area contributed by atoms with E-state index in [4.69, 9.17) is 5.14 Å². The van der Waals surface area contributed by atoms with Crippen molar-refractivity contribution in [2.24, 2.45) is 5.14 Å². The van der Waals surface area contributed by atoms with Gasteiger partial charge in [-0.05, 0) is 43.2 Å². The van der Waals surface area contributed by atoms with Gasteiger partial charge in [0.2, 0.25) is 10.0 Å². The molecule has 0 aliphatic carbocycles. The Morgan fingerprint density at radius 3 is 2.79 bits per heavy atom. The van der Waals surface area contributed by atoms with E-state index < -0.39 is 10.0 Å². The highest BCUT2D eigenvalue weighted by Crippen LogP contribution is 2.30. The van der Waals surface area contributed by atoms with Gasteiger partial charge in [-0.3, -0.25) is 0 Å². The number of thioether (sulfide) groups is 1. The van der Waals surface area contributed by atoms with Gasteiger partial charge in [-0.15, -0.1) is 0 Å². The van der Waals surface area contributed by atoms with Gasteiger partial charge in [0.05, 0.1) is 4.90 Å². The molecule has 0 bridgehead atoms. The maximum Gasteiger partial charge on any atom is 0.238 e. The largest absolute Gasteiger partial charge is 0.381 e. The van der Waals surface area contributed by atoms with E-state index in [2.05, 4.69) is 12.2 Å². The predicted octanol–water partition coefficient (Wildman–Crippen LogP) is 2.34. The first-order valence-corrected chi connectivity index (χ1v) is 8.99. The summed E-state index contributed by atoms with van der Waals surface area (Å²) >= 11 is 1.96. The van der Waals surface area contributed by atoms with Gasteiger partial charge in [0, 0.05) is 17.0 Å². The van der Waals surface area contributed by atoms with Crippen LogP contribution in [0.25, 0.3) is 0 Å². The smallest absolute Gasteiger partial charge is 0.238 e. The average molecular weight is 300 g/mol. The molecule has 106 valence electrons. The molecule has 1 heterocycles. The number of hydrogen-bond acceptors (Lipinski definition) is 4. The summed E-state index contributed by atoms with van der Waals surface area (Å²) in [6.07, 6.45) is 2.31. The SMILES string of the molecule is Cc1c(NC2CCCSC2C)cccc1S(N)(=O)=O. The fourth-order valence-electron chi connectivity index (χ4n) is 2.39. The van der Waals surface area contributed by atoms with Crippen LogP contribution in [0.1, 0.15) is 25.3 Å². The molecule has 1 aliphatic heterocycles. The third kappa shape index (κ3) is 3.43. The molecule has 1 aromatic rings. The molecule has 0 amide bonds. The average Bonchev–Trinajstić information content (AvgIpc) is 2.33. The first kappa shape index (κ1) is 14.7. The molecule has 0 radical (unpaired) electrons. The van der Waals surface area contributed by atoms with Crippen LogP contribution in [0.5, 0.6) is 0 Å². The van der Waals surface area contributed by atoms with Crippen molar-refractivity contribution in [1.29, 1.82) is 0 Å². The minimum absolute atomic E-state index is 0.202. The number of rotatable bonds is 3. The minimum Gasteiger partial charge on any atom is -0.381 e. The van der Waals surface area contributed by atoms with E-state index in [1.165, 1.54) is 12.2 Å². The number of benzene rings is 1. The van der Waals surface area contributed by atoms with Crippen LogP contribution in [0.15, 0.2) is 23.1 Å². The molecular formula is C13H20N2O2S2. The second-order valence-corrected chi connectivity index (χ2v) is 7.96. The molecule has 4 nitrogen and oxygen atoms in total. The van der Waals surface area contributed by atoms with Crippen LogP contribution in [-0.4, -0.2) is 25.5 Å². The van der Waals surface area contributed by atoms with Crippen molar-refractivity contribution in [2.45, 2.75) is 42.9 Å². The van der Waals surface area contributed by atoms with Crippen LogP contribution < -0.4 is 10.5 Å². The standard InChI is InChI=1S/C13H20N2O2S2/c1-9-11(5-3-7-13(9)19(14,16)17)15-12-6-4-8-18-10(12)2/h3,5,7,10,12,15H,4,6,8H2,1-2H3,(H2,14,16,17). The zero-order valence-electron chi connectivity index (χ0n) is 11.2. The van der Waals surface area contributed by atoms with E-state index in [-0.39, 0.29) is 4.90 Å². The van der Waals surface area contributed by atoms with Crippen molar-refractivity contribution >= 4 is 27.5 Å². The molecule has 0 spiro atoms. The fraction of sp³-hybridized carbons (Fsp3) is 0.538. The molecule has 1 fully saturated rings. The maximum atomic E-state index is 11.5. The Morgan fingerprint density at radius 1 is 1.42 bits per heavy atom. The Bertz CT molecular complexity index is 558. The quantitative estimate of drug-likeness (QED) is 0.898. The highest BCUT2D eigenvalue weighted by atomic mass is 32.2. The van der Waals surface area contributed by atoms with E-state index in [1.54, 1.807) is 19.1 Å². The molecule has 2 rings (SSSR count). The van der Waals surface area contributed by atoms with Gasteiger partial charge >= 0.3 is 0 Å². The maximum absolute atomic E-state index is 11.5. The molecule has 0 saturated carbocycles. The van der Waals surface area contributed by atoms with Crippen molar-refractivity contribution in [3.8, 4) is 0 Å². The summed E-state index contributed by atoms with van der Waals surface area (Å²) in [5, 5.41) is 9.23. The molecule has 6 heteroatoms. The number of nitrogens with two attached hydrogens (primary N) is 1. The zero-order valence-corrected chi connectivity index (χ0v) is 12.9. The topological polar surface area (TPSA) is 72.2 Å². The molecule has 0 aromatic heterocycles. The lowest BCUT2D eigenvalue weighted by atomic mass is 10.1. The summed E-state index contributed by atoms with van der Waals surface area (Å²) in [4.78, 5) is 0.202. The molecule has 2 atom stereocenters. The molecule has 19 heavy (non-hydrogen) atoms. The molecule has 1 saturated heterocycles. The summed E-state index contributed by atoms with van der Waals surface area (Å²) in [5.74, 6) is 1.20. The Hall–Kier alpha value is -0.720. The van der Waals surface area contributed by atoms with Gasteiger partial charge in [-0.2, -0.15) is 11.8 Å². The van der Waals surface area contributed by atoms with E-state index in [0.29, 0.717) is 16.9 Å². The first-order valence-electron chi connectivity index (χ1n) is 6.40. The molecule has 1 aliphatic rings. The van der Waals surface area contributed by atoms with E-state index >= 15 is 0 Å². The van der Waals surface area contributed by atoms with E-state index in [9.17, 15) is 8.42 Å². The number of sulfonamides is 1. The van der Waals surface area contributed by atoms with Crippen LogP contribution >= 0.6 is 11.8 Å². The Kier molecular flexibility index (Phi) is 4.43. The van der Waals surface area contributed by atoms with Gasteiger partial charge < -0.3 is 5.32 Å². The Labute approximate surface area is 119 Å². The van der Waals surface area contributed by atoms with Crippen molar-refractivity contribution in [2.75, 3.05) is 11.1 Å². The number of anilines is 1.